The Morgan fingerprint density at radius 2 is 2.13 bits per heavy atom. The van der Waals surface area contributed by atoms with E-state index >= 15 is 0 Å². The fourth-order valence-electron chi connectivity index (χ4n) is 2.95. The Bertz CT molecular complexity index is 535. The molecule has 0 saturated carbocycles. The van der Waals surface area contributed by atoms with Gasteiger partial charge in [0.25, 0.3) is 0 Å². The van der Waals surface area contributed by atoms with Gasteiger partial charge in [0.1, 0.15) is 5.76 Å². The van der Waals surface area contributed by atoms with Gasteiger partial charge in [-0.3, -0.25) is 14.5 Å². The van der Waals surface area contributed by atoms with Gasteiger partial charge in [0.15, 0.2) is 5.82 Å². The lowest BCUT2D eigenvalue weighted by Crippen LogP contribution is -2.48. The number of carbonyl (C=O) groups excluding carboxylic acids is 2. The summed E-state index contributed by atoms with van der Waals surface area (Å²) < 4.78 is 10.0. The van der Waals surface area contributed by atoms with E-state index in [4.69, 9.17) is 9.26 Å². The summed E-state index contributed by atoms with van der Waals surface area (Å²) >= 11 is 0. The van der Waals surface area contributed by atoms with Crippen molar-refractivity contribution in [1.29, 1.82) is 0 Å². The normalized spacial score (nSPS) is 17.7. The van der Waals surface area contributed by atoms with Crippen molar-refractivity contribution < 1.29 is 18.8 Å². The van der Waals surface area contributed by atoms with Crippen LogP contribution in [0.25, 0.3) is 0 Å². The molecule has 23 heavy (non-hydrogen) atoms. The van der Waals surface area contributed by atoms with Gasteiger partial charge in [-0.05, 0) is 46.2 Å². The summed E-state index contributed by atoms with van der Waals surface area (Å²) in [5.41, 5.74) is 0. The van der Waals surface area contributed by atoms with Crippen LogP contribution in [0.4, 0.5) is 5.82 Å². The van der Waals surface area contributed by atoms with Crippen LogP contribution in [0.2, 0.25) is 0 Å². The molecular weight excluding hydrogens is 298 g/mol. The lowest BCUT2D eigenvalue weighted by Gasteiger charge is -2.35. The van der Waals surface area contributed by atoms with Crippen LogP contribution < -0.4 is 5.32 Å². The van der Waals surface area contributed by atoms with Gasteiger partial charge in [-0.15, -0.1) is 0 Å². The van der Waals surface area contributed by atoms with Crippen LogP contribution in [0.3, 0.4) is 0 Å². The highest BCUT2D eigenvalue weighted by Gasteiger charge is 2.32. The fraction of sp³-hybridized carbons (Fsp3) is 0.688. The molecule has 0 radical (unpaired) electrons. The smallest absolute Gasteiger partial charge is 0.309 e. The summed E-state index contributed by atoms with van der Waals surface area (Å²) in [5, 5.41) is 6.57. The molecule has 0 unspecified atom stereocenters. The van der Waals surface area contributed by atoms with Crippen LogP contribution in [0.5, 0.6) is 0 Å². The van der Waals surface area contributed by atoms with Gasteiger partial charge < -0.3 is 14.6 Å². The number of carbonyl (C=O) groups is 2. The lowest BCUT2D eigenvalue weighted by atomic mass is 9.95. The quantitative estimate of drug-likeness (QED) is 0.806. The lowest BCUT2D eigenvalue weighted by molar-refractivity contribution is -0.149. The number of piperidine rings is 1. The summed E-state index contributed by atoms with van der Waals surface area (Å²) in [6, 6.07) is 1.47. The first-order valence-electron chi connectivity index (χ1n) is 8.20. The highest BCUT2D eigenvalue weighted by atomic mass is 16.5. The minimum absolute atomic E-state index is 0.0510. The Morgan fingerprint density at radius 3 is 2.65 bits per heavy atom. The van der Waals surface area contributed by atoms with Crippen LogP contribution in [0.1, 0.15) is 38.9 Å². The van der Waals surface area contributed by atoms with Gasteiger partial charge in [-0.25, -0.2) is 0 Å². The number of esters is 1. The number of hydrogen-bond acceptors (Lipinski definition) is 6. The number of aryl methyl sites for hydroxylation is 1. The second-order valence-electron chi connectivity index (χ2n) is 5.80. The standard InChI is InChI=1S/C16H25N3O4/c1-4-13(15(20)17-14-10-11(3)23-18-14)19-8-6-12(7-9-19)16(21)22-5-2/h10,12-13H,4-9H2,1-3H3,(H,17,18,20)/t13-/m0/s1. The third-order valence-electron chi connectivity index (χ3n) is 4.16. The molecule has 1 fully saturated rings. The number of likely N-dealkylation sites (tertiary alicyclic amines) is 1. The maximum Gasteiger partial charge on any atom is 0.309 e. The first-order chi connectivity index (χ1) is 11.0. The van der Waals surface area contributed by atoms with E-state index in [0.717, 1.165) is 12.8 Å². The summed E-state index contributed by atoms with van der Waals surface area (Å²) in [4.78, 5) is 26.3. The molecule has 0 aliphatic carbocycles. The predicted octanol–water partition coefficient (Wildman–Crippen LogP) is 1.98. The molecule has 0 bridgehead atoms. The molecule has 1 aliphatic rings. The van der Waals surface area contributed by atoms with Crippen LogP contribution in [-0.4, -0.2) is 47.7 Å². The van der Waals surface area contributed by atoms with Gasteiger partial charge in [0.05, 0.1) is 18.6 Å². The molecule has 2 rings (SSSR count). The molecule has 1 saturated heterocycles. The van der Waals surface area contributed by atoms with Crippen molar-refractivity contribution in [3.63, 3.8) is 0 Å². The first-order valence-corrected chi connectivity index (χ1v) is 8.20. The minimum Gasteiger partial charge on any atom is -0.466 e. The second-order valence-corrected chi connectivity index (χ2v) is 5.80. The zero-order chi connectivity index (χ0) is 16.8. The molecule has 7 nitrogen and oxygen atoms in total. The molecule has 7 heteroatoms. The summed E-state index contributed by atoms with van der Waals surface area (Å²) in [7, 11) is 0. The van der Waals surface area contributed by atoms with E-state index in [1.165, 1.54) is 0 Å². The van der Waals surface area contributed by atoms with E-state index in [1.807, 2.05) is 13.8 Å². The van der Waals surface area contributed by atoms with Crippen molar-refractivity contribution in [1.82, 2.24) is 10.1 Å². The van der Waals surface area contributed by atoms with E-state index in [2.05, 4.69) is 15.4 Å². The fourth-order valence-corrected chi connectivity index (χ4v) is 2.95. The van der Waals surface area contributed by atoms with E-state index in [1.54, 1.807) is 13.0 Å². The second kappa shape index (κ2) is 8.10. The molecule has 1 amide bonds. The molecule has 1 N–H and O–H groups in total. The largest absolute Gasteiger partial charge is 0.466 e. The predicted molar refractivity (Wildman–Crippen MR) is 84.9 cm³/mol. The number of hydrogen-bond donors (Lipinski definition) is 1. The number of anilines is 1. The SMILES string of the molecule is CCOC(=O)C1CCN([C@@H](CC)C(=O)Nc2cc(C)on2)CC1. The number of nitrogens with zero attached hydrogens (tertiary/aromatic N) is 2. The van der Waals surface area contributed by atoms with Crippen LogP contribution in [0, 0.1) is 12.8 Å². The van der Waals surface area contributed by atoms with Crippen LogP contribution in [-0.2, 0) is 14.3 Å². The molecule has 128 valence electrons. The van der Waals surface area contributed by atoms with Gasteiger partial charge in [0, 0.05) is 6.07 Å². The van der Waals surface area contributed by atoms with Gasteiger partial charge in [-0.2, -0.15) is 0 Å². The van der Waals surface area contributed by atoms with E-state index in [0.29, 0.717) is 37.7 Å². The number of amides is 1. The molecule has 0 spiro atoms. The maximum atomic E-state index is 12.4. The number of nitrogens with one attached hydrogen (secondary N) is 1. The van der Waals surface area contributed by atoms with Crippen molar-refractivity contribution in [2.24, 2.45) is 5.92 Å². The number of rotatable bonds is 6. The minimum atomic E-state index is -0.227. The molecule has 1 aliphatic heterocycles. The van der Waals surface area contributed by atoms with E-state index < -0.39 is 0 Å². The summed E-state index contributed by atoms with van der Waals surface area (Å²) in [6.07, 6.45) is 2.16. The average molecular weight is 323 g/mol. The molecular formula is C16H25N3O4. The Labute approximate surface area is 136 Å². The Kier molecular flexibility index (Phi) is 6.15. The average Bonchev–Trinajstić information content (AvgIpc) is 2.94. The monoisotopic (exact) mass is 323 g/mol. The van der Waals surface area contributed by atoms with Gasteiger partial charge in [-0.1, -0.05) is 12.1 Å². The molecule has 1 atom stereocenters. The van der Waals surface area contributed by atoms with Crippen molar-refractivity contribution >= 4 is 17.7 Å². The molecule has 2 heterocycles. The van der Waals surface area contributed by atoms with Crippen LogP contribution in [0.15, 0.2) is 10.6 Å². The zero-order valence-corrected chi connectivity index (χ0v) is 14.0. The Hall–Kier alpha value is -1.89. The third-order valence-corrected chi connectivity index (χ3v) is 4.16. The molecule has 0 aromatic carbocycles. The van der Waals surface area contributed by atoms with Crippen molar-refractivity contribution in [3.05, 3.63) is 11.8 Å². The Morgan fingerprint density at radius 1 is 1.43 bits per heavy atom. The summed E-state index contributed by atoms with van der Waals surface area (Å²) in [6.45, 7) is 7.42. The highest BCUT2D eigenvalue weighted by Crippen LogP contribution is 2.22. The third kappa shape index (κ3) is 4.54. The Balaban J connectivity index is 1.89. The van der Waals surface area contributed by atoms with E-state index in [-0.39, 0.29) is 23.8 Å². The highest BCUT2D eigenvalue weighted by molar-refractivity contribution is 5.94. The number of ether oxygens (including phenoxy) is 1. The van der Waals surface area contributed by atoms with Crippen molar-refractivity contribution in [3.8, 4) is 0 Å². The van der Waals surface area contributed by atoms with Crippen molar-refractivity contribution in [2.75, 3.05) is 25.0 Å². The van der Waals surface area contributed by atoms with Crippen LogP contribution >= 0.6 is 0 Å². The zero-order valence-electron chi connectivity index (χ0n) is 14.0. The molecule has 1 aromatic rings. The molecule has 1 aromatic heterocycles. The van der Waals surface area contributed by atoms with E-state index in [9.17, 15) is 9.59 Å². The topological polar surface area (TPSA) is 84.7 Å². The summed E-state index contributed by atoms with van der Waals surface area (Å²) in [5.74, 6) is 0.832. The van der Waals surface area contributed by atoms with Gasteiger partial charge >= 0.3 is 5.97 Å². The van der Waals surface area contributed by atoms with Crippen molar-refractivity contribution in [2.45, 2.75) is 46.1 Å². The number of aromatic nitrogens is 1. The van der Waals surface area contributed by atoms with Gasteiger partial charge in [0.2, 0.25) is 5.91 Å². The first kappa shape index (κ1) is 17.5. The maximum absolute atomic E-state index is 12.4.